The molecule has 7 nitrogen and oxygen atoms in total. The van der Waals surface area contributed by atoms with E-state index in [1.54, 1.807) is 17.5 Å². The molecule has 3 heterocycles. The van der Waals surface area contributed by atoms with Gasteiger partial charge in [-0.1, -0.05) is 12.1 Å². The highest BCUT2D eigenvalue weighted by atomic mass is 32.1. The largest absolute Gasteiger partial charge is 0.342 e. The van der Waals surface area contributed by atoms with E-state index < -0.39 is 0 Å². The molecule has 0 saturated carbocycles. The number of nitrogens with one attached hydrogen (secondary N) is 2. The van der Waals surface area contributed by atoms with Crippen molar-refractivity contribution in [1.29, 1.82) is 0 Å². The molecule has 8 heteroatoms. The number of nitrogens with zero attached hydrogens (tertiary/aromatic N) is 3. The maximum absolute atomic E-state index is 12.4. The van der Waals surface area contributed by atoms with Gasteiger partial charge in [-0.15, -0.1) is 11.3 Å². The van der Waals surface area contributed by atoms with Crippen molar-refractivity contribution < 1.29 is 9.59 Å². The molecule has 0 aliphatic rings. The molecule has 0 unspecified atom stereocenters. The van der Waals surface area contributed by atoms with Gasteiger partial charge in [0.15, 0.2) is 0 Å². The van der Waals surface area contributed by atoms with Gasteiger partial charge in [-0.3, -0.25) is 14.3 Å². The van der Waals surface area contributed by atoms with Crippen LogP contribution in [0, 0.1) is 0 Å². The van der Waals surface area contributed by atoms with Crippen molar-refractivity contribution in [2.75, 3.05) is 11.9 Å². The Hall–Kier alpha value is -3.39. The third-order valence-electron chi connectivity index (χ3n) is 4.42. The Bertz CT molecular complexity index is 1130. The summed E-state index contributed by atoms with van der Waals surface area (Å²) in [6.45, 7) is 0.527. The molecule has 0 fully saturated rings. The lowest BCUT2D eigenvalue weighted by Gasteiger charge is -2.09. The van der Waals surface area contributed by atoms with Crippen LogP contribution in [0.25, 0.3) is 10.2 Å². The molecule has 0 saturated heterocycles. The van der Waals surface area contributed by atoms with Crippen molar-refractivity contribution in [1.82, 2.24) is 19.7 Å². The third-order valence-corrected chi connectivity index (χ3v) is 5.27. The van der Waals surface area contributed by atoms with Gasteiger partial charge in [0.25, 0.3) is 5.91 Å². The number of aromatic nitrogens is 3. The highest BCUT2D eigenvalue weighted by molar-refractivity contribution is 7.17. The molecule has 2 amide bonds. The van der Waals surface area contributed by atoms with Crippen molar-refractivity contribution >= 4 is 39.1 Å². The highest BCUT2D eigenvalue weighted by Crippen LogP contribution is 2.24. The van der Waals surface area contributed by atoms with Gasteiger partial charge in [0.1, 0.15) is 5.69 Å². The first-order chi connectivity index (χ1) is 13.6. The second-order valence-electron chi connectivity index (χ2n) is 6.39. The van der Waals surface area contributed by atoms with Crippen molar-refractivity contribution in [3.63, 3.8) is 0 Å². The topological polar surface area (TPSA) is 81.0 Å². The van der Waals surface area contributed by atoms with Crippen LogP contribution in [0.15, 0.2) is 60.2 Å². The molecule has 142 valence electrons. The average Bonchev–Trinajstić information content (AvgIpc) is 3.40. The Morgan fingerprint density at radius 1 is 1.18 bits per heavy atom. The van der Waals surface area contributed by atoms with Gasteiger partial charge >= 0.3 is 0 Å². The minimum Gasteiger partial charge on any atom is -0.342 e. The van der Waals surface area contributed by atoms with Crippen LogP contribution in [-0.2, 0) is 18.4 Å². The fraction of sp³-hybridized carbons (Fsp3) is 0.150. The molecule has 0 radical (unpaired) electrons. The fourth-order valence-electron chi connectivity index (χ4n) is 3.05. The van der Waals surface area contributed by atoms with Crippen LogP contribution in [-0.4, -0.2) is 32.7 Å². The summed E-state index contributed by atoms with van der Waals surface area (Å²) in [6, 6.07) is 13.2. The van der Waals surface area contributed by atoms with E-state index in [-0.39, 0.29) is 18.4 Å². The zero-order valence-corrected chi connectivity index (χ0v) is 16.1. The zero-order chi connectivity index (χ0) is 19.5. The highest BCUT2D eigenvalue weighted by Gasteiger charge is 2.15. The molecule has 1 aromatic carbocycles. The van der Waals surface area contributed by atoms with E-state index >= 15 is 0 Å². The van der Waals surface area contributed by atoms with Crippen molar-refractivity contribution in [3.05, 3.63) is 71.5 Å². The van der Waals surface area contributed by atoms with Gasteiger partial charge < -0.3 is 15.2 Å². The number of carbonyl (C=O) groups is 2. The number of fused-ring (bicyclic) bond motifs is 1. The predicted molar refractivity (Wildman–Crippen MR) is 110 cm³/mol. The number of hydrogen-bond donors (Lipinski definition) is 2. The minimum atomic E-state index is -0.277. The van der Waals surface area contributed by atoms with E-state index in [0.29, 0.717) is 17.9 Å². The number of anilines is 1. The second-order valence-corrected chi connectivity index (χ2v) is 7.34. The first-order valence-corrected chi connectivity index (χ1v) is 9.65. The van der Waals surface area contributed by atoms with Crippen LogP contribution in [0.5, 0.6) is 0 Å². The van der Waals surface area contributed by atoms with Crippen LogP contribution in [0.4, 0.5) is 5.69 Å². The molecule has 28 heavy (non-hydrogen) atoms. The molecule has 2 N–H and O–H groups in total. The molecule has 3 aromatic heterocycles. The standard InChI is InChI=1S/C20H19N5O2S/c1-24-16-6-9-28-18(16)11-17(24)20(27)21-12-19(26)23-15-5-2-4-14(10-15)13-25-8-3-7-22-25/h2-11H,12-13H2,1H3,(H,21,27)(H,23,26). The van der Waals surface area contributed by atoms with Crippen molar-refractivity contribution in [3.8, 4) is 0 Å². The Morgan fingerprint density at radius 2 is 2.07 bits per heavy atom. The third kappa shape index (κ3) is 3.81. The van der Waals surface area contributed by atoms with Gasteiger partial charge in [0, 0.05) is 25.1 Å². The van der Waals surface area contributed by atoms with E-state index in [1.807, 2.05) is 70.3 Å². The van der Waals surface area contributed by atoms with Crippen LogP contribution in [0.2, 0.25) is 0 Å². The number of hydrogen-bond acceptors (Lipinski definition) is 4. The molecular formula is C20H19N5O2S. The number of amides is 2. The zero-order valence-electron chi connectivity index (χ0n) is 15.3. The molecule has 4 aromatic rings. The van der Waals surface area contributed by atoms with Crippen LogP contribution < -0.4 is 10.6 Å². The van der Waals surface area contributed by atoms with E-state index in [2.05, 4.69) is 15.7 Å². The van der Waals surface area contributed by atoms with E-state index in [9.17, 15) is 9.59 Å². The smallest absolute Gasteiger partial charge is 0.268 e. The maximum Gasteiger partial charge on any atom is 0.268 e. The quantitative estimate of drug-likeness (QED) is 0.529. The van der Waals surface area contributed by atoms with Crippen molar-refractivity contribution in [2.45, 2.75) is 6.54 Å². The molecule has 0 aliphatic heterocycles. The maximum atomic E-state index is 12.4. The Kier molecular flexibility index (Phi) is 4.94. The molecule has 4 rings (SSSR count). The average molecular weight is 393 g/mol. The Balaban J connectivity index is 1.34. The monoisotopic (exact) mass is 393 g/mol. The predicted octanol–water partition coefficient (Wildman–Crippen LogP) is 2.85. The number of aryl methyl sites for hydroxylation is 1. The summed E-state index contributed by atoms with van der Waals surface area (Å²) in [5, 5.41) is 11.7. The lowest BCUT2D eigenvalue weighted by Crippen LogP contribution is -2.33. The summed E-state index contributed by atoms with van der Waals surface area (Å²) in [5.74, 6) is -0.547. The summed E-state index contributed by atoms with van der Waals surface area (Å²) in [4.78, 5) is 24.6. The van der Waals surface area contributed by atoms with Gasteiger partial charge in [0.2, 0.25) is 5.91 Å². The minimum absolute atomic E-state index is 0.0962. The normalized spacial score (nSPS) is 10.9. The van der Waals surface area contributed by atoms with E-state index in [4.69, 9.17) is 0 Å². The summed E-state index contributed by atoms with van der Waals surface area (Å²) >= 11 is 1.58. The van der Waals surface area contributed by atoms with Gasteiger partial charge in [-0.25, -0.2) is 0 Å². The lowest BCUT2D eigenvalue weighted by molar-refractivity contribution is -0.115. The van der Waals surface area contributed by atoms with Gasteiger partial charge in [-0.2, -0.15) is 5.10 Å². The first-order valence-electron chi connectivity index (χ1n) is 8.77. The fourth-order valence-corrected chi connectivity index (χ4v) is 3.90. The molecule has 0 bridgehead atoms. The summed E-state index contributed by atoms with van der Waals surface area (Å²) in [5.41, 5.74) is 3.25. The lowest BCUT2D eigenvalue weighted by atomic mass is 10.2. The summed E-state index contributed by atoms with van der Waals surface area (Å²) in [6.07, 6.45) is 3.61. The number of benzene rings is 1. The molecule has 0 aliphatic carbocycles. The number of thiophene rings is 1. The van der Waals surface area contributed by atoms with E-state index in [0.717, 1.165) is 15.8 Å². The summed E-state index contributed by atoms with van der Waals surface area (Å²) in [7, 11) is 1.84. The first kappa shape index (κ1) is 18.0. The van der Waals surface area contributed by atoms with E-state index in [1.165, 1.54) is 0 Å². The van der Waals surface area contributed by atoms with Gasteiger partial charge in [0.05, 0.1) is 23.3 Å². The SMILES string of the molecule is Cn1c(C(=O)NCC(=O)Nc2cccc(Cn3cccn3)c2)cc2sccc21. The molecule has 0 atom stereocenters. The van der Waals surface area contributed by atoms with Crippen LogP contribution >= 0.6 is 11.3 Å². The molecule has 0 spiro atoms. The molecular weight excluding hydrogens is 374 g/mol. The Labute approximate surface area is 165 Å². The van der Waals surface area contributed by atoms with Crippen molar-refractivity contribution in [2.24, 2.45) is 7.05 Å². The van der Waals surface area contributed by atoms with Crippen LogP contribution in [0.1, 0.15) is 16.1 Å². The number of carbonyl (C=O) groups excluding carboxylic acids is 2. The number of rotatable bonds is 6. The Morgan fingerprint density at radius 3 is 2.86 bits per heavy atom. The summed E-state index contributed by atoms with van der Waals surface area (Å²) < 4.78 is 4.69. The second kappa shape index (κ2) is 7.69. The van der Waals surface area contributed by atoms with Gasteiger partial charge in [-0.05, 0) is 41.3 Å². The van der Waals surface area contributed by atoms with Crippen LogP contribution in [0.3, 0.4) is 0 Å².